The predicted molar refractivity (Wildman–Crippen MR) is 102 cm³/mol. The molecule has 126 valence electrons. The van der Waals surface area contributed by atoms with Gasteiger partial charge in [0.25, 0.3) is 0 Å². The van der Waals surface area contributed by atoms with Gasteiger partial charge in [0.15, 0.2) is 0 Å². The lowest BCUT2D eigenvalue weighted by atomic mass is 9.83. The van der Waals surface area contributed by atoms with Gasteiger partial charge in [-0.05, 0) is 42.7 Å². The van der Waals surface area contributed by atoms with Gasteiger partial charge in [0, 0.05) is 17.8 Å². The van der Waals surface area contributed by atoms with E-state index in [1.165, 1.54) is 4.90 Å². The van der Waals surface area contributed by atoms with E-state index < -0.39 is 0 Å². The molecule has 4 nitrogen and oxygen atoms in total. The summed E-state index contributed by atoms with van der Waals surface area (Å²) >= 11 is 0. The number of amides is 1. The molecule has 4 heteroatoms. The highest BCUT2D eigenvalue weighted by atomic mass is 16.1. The van der Waals surface area contributed by atoms with Gasteiger partial charge >= 0.3 is 0 Å². The molecule has 0 aromatic heterocycles. The topological polar surface area (TPSA) is 45.0 Å². The minimum atomic E-state index is -0.117. The van der Waals surface area contributed by atoms with Crippen molar-refractivity contribution in [2.24, 2.45) is 9.98 Å². The zero-order chi connectivity index (χ0) is 17.9. The molecule has 0 aliphatic carbocycles. The molecule has 0 spiro atoms. The second-order valence-electron chi connectivity index (χ2n) is 7.04. The van der Waals surface area contributed by atoms with Crippen LogP contribution in [0.1, 0.15) is 51.2 Å². The van der Waals surface area contributed by atoms with Gasteiger partial charge in [0.1, 0.15) is 5.82 Å². The second kappa shape index (κ2) is 6.95. The van der Waals surface area contributed by atoms with Gasteiger partial charge in [-0.15, -0.1) is 0 Å². The summed E-state index contributed by atoms with van der Waals surface area (Å²) in [6, 6.07) is 6.23. The number of hydrogen-bond donors (Lipinski definition) is 0. The van der Waals surface area contributed by atoms with Crippen LogP contribution < -0.4 is 4.90 Å². The maximum absolute atomic E-state index is 11.7. The van der Waals surface area contributed by atoms with E-state index >= 15 is 0 Å². The van der Waals surface area contributed by atoms with E-state index in [9.17, 15) is 4.79 Å². The zero-order valence-electron chi connectivity index (χ0n) is 14.9. The molecular formula is C20H25N3O. The Morgan fingerprint density at radius 2 is 2.12 bits per heavy atom. The van der Waals surface area contributed by atoms with Crippen LogP contribution in [0.15, 0.2) is 52.4 Å². The molecule has 2 rings (SSSR count). The molecule has 1 heterocycles. The molecule has 0 saturated heterocycles. The Kier molecular flexibility index (Phi) is 5.17. The van der Waals surface area contributed by atoms with E-state index in [0.29, 0.717) is 5.82 Å². The van der Waals surface area contributed by atoms with Crippen LogP contribution in [0.2, 0.25) is 0 Å². The number of anilines is 1. The molecule has 1 atom stereocenters. The van der Waals surface area contributed by atoms with Crippen LogP contribution in [-0.4, -0.2) is 19.3 Å². The van der Waals surface area contributed by atoms with Gasteiger partial charge in [-0.25, -0.2) is 4.99 Å². The Labute approximate surface area is 144 Å². The van der Waals surface area contributed by atoms with Crippen LogP contribution in [0.5, 0.6) is 0 Å². The number of benzene rings is 1. The van der Waals surface area contributed by atoms with Crippen LogP contribution in [0, 0.1) is 0 Å². The number of nitrogens with zero attached hydrogens (tertiary/aromatic N) is 3. The summed E-state index contributed by atoms with van der Waals surface area (Å²) in [5, 5.41) is 0. The zero-order valence-corrected chi connectivity index (χ0v) is 14.9. The monoisotopic (exact) mass is 323 g/mol. The molecule has 0 fully saturated rings. The molecule has 0 N–H and O–H groups in total. The largest absolute Gasteiger partial charge is 0.278 e. The van der Waals surface area contributed by atoms with Crippen molar-refractivity contribution in [1.29, 1.82) is 0 Å². The lowest BCUT2D eigenvalue weighted by Gasteiger charge is -2.29. The summed E-state index contributed by atoms with van der Waals surface area (Å²) in [7, 11) is 0. The predicted octanol–water partition coefficient (Wildman–Crippen LogP) is 4.58. The summed E-state index contributed by atoms with van der Waals surface area (Å²) in [6.07, 6.45) is 5.75. The standard InChI is InChI=1S/C20H25N3O/c1-14-7-8-17(12-22-14)16-9-10-18(20(3,4)5)19(11-16)23(13-24)15(2)21-6/h7,9-13,17H,2,6,8H2,1,3-5H3. The third-order valence-electron chi connectivity index (χ3n) is 4.21. The van der Waals surface area contributed by atoms with Crippen LogP contribution >= 0.6 is 0 Å². The van der Waals surface area contributed by atoms with Crippen LogP contribution in [0.4, 0.5) is 5.69 Å². The van der Waals surface area contributed by atoms with Crippen molar-refractivity contribution in [1.82, 2.24) is 0 Å². The number of rotatable bonds is 5. The van der Waals surface area contributed by atoms with Gasteiger partial charge in [-0.2, -0.15) is 0 Å². The Hall–Kier alpha value is -2.49. The second-order valence-corrected chi connectivity index (χ2v) is 7.04. The highest BCUT2D eigenvalue weighted by molar-refractivity contribution is 5.83. The lowest BCUT2D eigenvalue weighted by molar-refractivity contribution is -0.107. The Morgan fingerprint density at radius 3 is 2.62 bits per heavy atom. The number of aliphatic imine (C=N–C) groups is 2. The number of carbonyl (C=O) groups excluding carboxylic acids is 1. The number of allylic oxidation sites excluding steroid dienone is 2. The normalized spacial score (nSPS) is 17.2. The van der Waals surface area contributed by atoms with Gasteiger partial charge in [0.2, 0.25) is 6.41 Å². The Bertz CT molecular complexity index is 723. The van der Waals surface area contributed by atoms with E-state index in [0.717, 1.165) is 35.3 Å². The summed E-state index contributed by atoms with van der Waals surface area (Å²) in [6.45, 7) is 15.7. The van der Waals surface area contributed by atoms with Crippen LogP contribution in [0.3, 0.4) is 0 Å². The molecular weight excluding hydrogens is 298 g/mol. The van der Waals surface area contributed by atoms with Crippen molar-refractivity contribution in [3.05, 3.63) is 53.5 Å². The summed E-state index contributed by atoms with van der Waals surface area (Å²) in [5.41, 5.74) is 3.90. The number of hydrogen-bond acceptors (Lipinski definition) is 3. The fourth-order valence-corrected chi connectivity index (χ4v) is 2.79. The van der Waals surface area contributed by atoms with Crippen LogP contribution in [-0.2, 0) is 10.2 Å². The van der Waals surface area contributed by atoms with Crippen molar-refractivity contribution < 1.29 is 4.79 Å². The van der Waals surface area contributed by atoms with Crippen LogP contribution in [0.25, 0.3) is 0 Å². The maximum atomic E-state index is 11.7. The Morgan fingerprint density at radius 1 is 1.42 bits per heavy atom. The quantitative estimate of drug-likeness (QED) is 0.578. The lowest BCUT2D eigenvalue weighted by Crippen LogP contribution is -2.24. The van der Waals surface area contributed by atoms with E-state index in [4.69, 9.17) is 0 Å². The summed E-state index contributed by atoms with van der Waals surface area (Å²) < 4.78 is 0. The molecule has 1 aliphatic rings. The third kappa shape index (κ3) is 3.70. The molecule has 1 aromatic carbocycles. The van der Waals surface area contributed by atoms with E-state index in [1.54, 1.807) is 0 Å². The van der Waals surface area contributed by atoms with Crippen molar-refractivity contribution in [2.45, 2.75) is 45.4 Å². The Balaban J connectivity index is 2.54. The van der Waals surface area contributed by atoms with E-state index in [-0.39, 0.29) is 11.3 Å². The maximum Gasteiger partial charge on any atom is 0.219 e. The SMILES string of the molecule is C=NC(=C)N(C=O)c1cc(C2C=NC(C)=CC2)ccc1C(C)(C)C. The molecule has 0 saturated carbocycles. The van der Waals surface area contributed by atoms with Crippen molar-refractivity contribution in [2.75, 3.05) is 4.90 Å². The number of carbonyl (C=O) groups is 1. The van der Waals surface area contributed by atoms with Crippen molar-refractivity contribution >= 4 is 25.0 Å². The first-order valence-electron chi connectivity index (χ1n) is 8.03. The van der Waals surface area contributed by atoms with Gasteiger partial charge in [-0.1, -0.05) is 45.6 Å². The molecule has 0 bridgehead atoms. The third-order valence-corrected chi connectivity index (χ3v) is 4.21. The fraction of sp³-hybridized carbons (Fsp3) is 0.350. The van der Waals surface area contributed by atoms with Gasteiger partial charge in [0.05, 0.1) is 5.69 Å². The van der Waals surface area contributed by atoms with Crippen molar-refractivity contribution in [3.8, 4) is 0 Å². The average molecular weight is 323 g/mol. The molecule has 1 amide bonds. The van der Waals surface area contributed by atoms with E-state index in [2.05, 4.69) is 62.3 Å². The van der Waals surface area contributed by atoms with Gasteiger partial charge in [-0.3, -0.25) is 14.7 Å². The first-order valence-corrected chi connectivity index (χ1v) is 8.03. The smallest absolute Gasteiger partial charge is 0.219 e. The first kappa shape index (κ1) is 17.9. The summed E-state index contributed by atoms with van der Waals surface area (Å²) in [4.78, 5) is 21.4. The minimum Gasteiger partial charge on any atom is -0.278 e. The van der Waals surface area contributed by atoms with E-state index in [1.807, 2.05) is 19.2 Å². The highest BCUT2D eigenvalue weighted by Crippen LogP contribution is 2.36. The highest BCUT2D eigenvalue weighted by Gasteiger charge is 2.24. The average Bonchev–Trinajstić information content (AvgIpc) is 2.55. The molecule has 1 aromatic rings. The van der Waals surface area contributed by atoms with Crippen molar-refractivity contribution in [3.63, 3.8) is 0 Å². The first-order chi connectivity index (χ1) is 11.3. The molecule has 1 unspecified atom stereocenters. The van der Waals surface area contributed by atoms with Gasteiger partial charge < -0.3 is 0 Å². The molecule has 0 radical (unpaired) electrons. The molecule has 1 aliphatic heterocycles. The fourth-order valence-electron chi connectivity index (χ4n) is 2.79. The molecule has 24 heavy (non-hydrogen) atoms. The minimum absolute atomic E-state index is 0.117. The summed E-state index contributed by atoms with van der Waals surface area (Å²) in [5.74, 6) is 0.528.